The van der Waals surface area contributed by atoms with Gasteiger partial charge >= 0.3 is 13.8 Å². The monoisotopic (exact) mass is 746 g/mol. The van der Waals surface area contributed by atoms with E-state index in [1.54, 1.807) is 0 Å². The van der Waals surface area contributed by atoms with Gasteiger partial charge in [0.25, 0.3) is 0 Å². The Morgan fingerprint density at radius 3 is 1.43 bits per heavy atom. The average molecular weight is 746 g/mol. The molecule has 0 saturated heterocycles. The molecule has 2 atom stereocenters. The minimum absolute atomic E-state index is 0.0925. The van der Waals surface area contributed by atoms with Crippen LogP contribution in [0.5, 0.6) is 0 Å². The van der Waals surface area contributed by atoms with Crippen molar-refractivity contribution in [3.8, 4) is 0 Å². The van der Waals surface area contributed by atoms with E-state index in [0.29, 0.717) is 13.0 Å². The van der Waals surface area contributed by atoms with Crippen molar-refractivity contribution in [2.24, 2.45) is 5.73 Å². The maximum absolute atomic E-state index is 12.5. The van der Waals surface area contributed by atoms with Crippen LogP contribution >= 0.6 is 7.82 Å². The van der Waals surface area contributed by atoms with E-state index in [2.05, 4.69) is 26.0 Å². The lowest BCUT2D eigenvalue weighted by atomic mass is 10.1. The summed E-state index contributed by atoms with van der Waals surface area (Å²) < 4.78 is 33.4. The van der Waals surface area contributed by atoms with Gasteiger partial charge < -0.3 is 20.1 Å². The number of phosphoric acid groups is 1. The zero-order valence-corrected chi connectivity index (χ0v) is 34.5. The number of carbonyl (C=O) groups excluding carboxylic acids is 1. The van der Waals surface area contributed by atoms with Crippen molar-refractivity contribution in [3.05, 3.63) is 12.2 Å². The van der Waals surface area contributed by atoms with Crippen LogP contribution in [0.3, 0.4) is 0 Å². The van der Waals surface area contributed by atoms with E-state index in [0.717, 1.165) is 32.1 Å². The van der Waals surface area contributed by atoms with Gasteiger partial charge in [0.1, 0.15) is 6.10 Å². The van der Waals surface area contributed by atoms with Crippen LogP contribution in [0.25, 0.3) is 0 Å². The number of allylic oxidation sites excluding steroid dienone is 2. The van der Waals surface area contributed by atoms with Crippen LogP contribution in [0, 0.1) is 0 Å². The smallest absolute Gasteiger partial charge is 0.457 e. The Balaban J connectivity index is 3.90. The molecular weight excluding hydrogens is 661 g/mol. The number of phosphoric ester groups is 1. The molecule has 0 fully saturated rings. The third kappa shape index (κ3) is 40.3. The van der Waals surface area contributed by atoms with Crippen molar-refractivity contribution in [3.63, 3.8) is 0 Å². The Hall–Kier alpha value is -0.760. The highest BCUT2D eigenvalue weighted by molar-refractivity contribution is 7.47. The highest BCUT2D eigenvalue weighted by atomic mass is 31.2. The molecule has 0 rings (SSSR count). The van der Waals surface area contributed by atoms with E-state index < -0.39 is 13.9 Å². The number of carbonyl (C=O) groups is 1. The molecule has 51 heavy (non-hydrogen) atoms. The van der Waals surface area contributed by atoms with Gasteiger partial charge in [-0.1, -0.05) is 180 Å². The van der Waals surface area contributed by atoms with Crippen LogP contribution in [0.2, 0.25) is 0 Å². The van der Waals surface area contributed by atoms with E-state index in [-0.39, 0.29) is 32.3 Å². The number of esters is 1. The first kappa shape index (κ1) is 50.2. The molecule has 0 bridgehead atoms. The molecule has 304 valence electrons. The SMILES string of the molecule is CCCCCCCCCC/C=C\CCCCCCCCCCCCOCC(COP(=O)(O)OCCN)OC(=O)CCCCCCCCCCCC. The molecule has 2 unspecified atom stereocenters. The number of hydrogen-bond donors (Lipinski definition) is 2. The fourth-order valence-electron chi connectivity index (χ4n) is 6.23. The second-order valence-electron chi connectivity index (χ2n) is 14.6. The molecule has 0 aliphatic carbocycles. The van der Waals surface area contributed by atoms with E-state index in [1.165, 1.54) is 161 Å². The lowest BCUT2D eigenvalue weighted by Crippen LogP contribution is -2.28. The van der Waals surface area contributed by atoms with E-state index in [9.17, 15) is 14.3 Å². The number of unbranched alkanes of at least 4 members (excludes halogenated alkanes) is 27. The quantitative estimate of drug-likeness (QED) is 0.0274. The first-order valence-corrected chi connectivity index (χ1v) is 23.2. The molecule has 0 aromatic carbocycles. The van der Waals surface area contributed by atoms with Crippen LogP contribution in [-0.4, -0.2) is 49.9 Å². The molecule has 0 aromatic heterocycles. The largest absolute Gasteiger partial charge is 0.472 e. The normalized spacial score (nSPS) is 13.6. The van der Waals surface area contributed by atoms with Crippen molar-refractivity contribution in [1.82, 2.24) is 0 Å². The third-order valence-corrected chi connectivity index (χ3v) is 10.4. The molecule has 0 aliphatic rings. The van der Waals surface area contributed by atoms with E-state index in [1.807, 2.05) is 0 Å². The Kier molecular flexibility index (Phi) is 39.8. The zero-order valence-electron chi connectivity index (χ0n) is 33.6. The number of rotatable bonds is 42. The van der Waals surface area contributed by atoms with Gasteiger partial charge in [0, 0.05) is 19.6 Å². The highest BCUT2D eigenvalue weighted by Gasteiger charge is 2.25. The molecule has 0 saturated carbocycles. The maximum Gasteiger partial charge on any atom is 0.472 e. The van der Waals surface area contributed by atoms with Gasteiger partial charge in [-0.15, -0.1) is 0 Å². The van der Waals surface area contributed by atoms with Crippen molar-refractivity contribution in [2.75, 3.05) is 33.0 Å². The van der Waals surface area contributed by atoms with Crippen LogP contribution in [-0.2, 0) is 27.9 Å². The Bertz CT molecular complexity index is 797. The Morgan fingerprint density at radius 2 is 0.980 bits per heavy atom. The highest BCUT2D eigenvalue weighted by Crippen LogP contribution is 2.43. The van der Waals surface area contributed by atoms with Crippen LogP contribution in [0.4, 0.5) is 0 Å². The predicted octanol–water partition coefficient (Wildman–Crippen LogP) is 12.7. The molecule has 0 radical (unpaired) electrons. The number of nitrogens with two attached hydrogens (primary N) is 1. The van der Waals surface area contributed by atoms with Gasteiger partial charge in [0.05, 0.1) is 19.8 Å². The summed E-state index contributed by atoms with van der Waals surface area (Å²) in [6, 6.07) is 0. The maximum atomic E-state index is 12.5. The molecule has 9 heteroatoms. The summed E-state index contributed by atoms with van der Waals surface area (Å²) >= 11 is 0. The minimum atomic E-state index is -4.27. The van der Waals surface area contributed by atoms with Crippen LogP contribution < -0.4 is 5.73 Å². The first-order chi connectivity index (χ1) is 24.9. The summed E-state index contributed by atoms with van der Waals surface area (Å²) in [5.41, 5.74) is 5.36. The van der Waals surface area contributed by atoms with Crippen LogP contribution in [0.15, 0.2) is 12.2 Å². The lowest BCUT2D eigenvalue weighted by molar-refractivity contribution is -0.154. The van der Waals surface area contributed by atoms with Gasteiger partial charge in [-0.3, -0.25) is 13.8 Å². The molecule has 3 N–H and O–H groups in total. The second kappa shape index (κ2) is 40.4. The molecule has 0 aromatic rings. The van der Waals surface area contributed by atoms with Gasteiger partial charge in [0.15, 0.2) is 0 Å². The van der Waals surface area contributed by atoms with Crippen molar-refractivity contribution >= 4 is 13.8 Å². The summed E-state index contributed by atoms with van der Waals surface area (Å²) in [6.45, 7) is 4.94. The summed E-state index contributed by atoms with van der Waals surface area (Å²) in [5.74, 6) is -0.330. The van der Waals surface area contributed by atoms with E-state index in [4.69, 9.17) is 24.3 Å². The molecule has 0 aliphatic heterocycles. The standard InChI is InChI=1S/C42H84NO7P/c1-3-5-7-9-11-13-15-16-17-18-19-20-21-22-23-24-25-26-28-30-32-34-37-47-39-41(40-49-51(45,46)48-38-36-43)50-42(44)35-33-31-29-27-14-12-10-8-6-4-2/h18-19,41H,3-17,20-40,43H2,1-2H3,(H,45,46)/b19-18-. The fourth-order valence-corrected chi connectivity index (χ4v) is 6.99. The lowest BCUT2D eigenvalue weighted by Gasteiger charge is -2.20. The molecule has 0 heterocycles. The summed E-state index contributed by atoms with van der Waals surface area (Å²) in [4.78, 5) is 22.4. The van der Waals surface area contributed by atoms with Crippen molar-refractivity contribution in [1.29, 1.82) is 0 Å². The molecule has 8 nitrogen and oxygen atoms in total. The van der Waals surface area contributed by atoms with Gasteiger partial charge in [0.2, 0.25) is 0 Å². The predicted molar refractivity (Wildman–Crippen MR) is 215 cm³/mol. The second-order valence-corrected chi connectivity index (χ2v) is 16.0. The number of hydrogen-bond acceptors (Lipinski definition) is 7. The van der Waals surface area contributed by atoms with E-state index >= 15 is 0 Å². The summed E-state index contributed by atoms with van der Waals surface area (Å²) in [7, 11) is -4.27. The minimum Gasteiger partial charge on any atom is -0.457 e. The number of ether oxygens (including phenoxy) is 2. The summed E-state index contributed by atoms with van der Waals surface area (Å²) in [5, 5.41) is 0. The zero-order chi connectivity index (χ0) is 37.4. The Labute approximate surface area is 315 Å². The fraction of sp³-hybridized carbons (Fsp3) is 0.929. The molecular formula is C42H84NO7P. The average Bonchev–Trinajstić information content (AvgIpc) is 3.12. The van der Waals surface area contributed by atoms with Gasteiger partial charge in [-0.25, -0.2) is 4.57 Å². The van der Waals surface area contributed by atoms with Crippen molar-refractivity contribution in [2.45, 2.75) is 219 Å². The first-order valence-electron chi connectivity index (χ1n) is 21.7. The van der Waals surface area contributed by atoms with Gasteiger partial charge in [-0.2, -0.15) is 0 Å². The Morgan fingerprint density at radius 1 is 0.569 bits per heavy atom. The molecule has 0 spiro atoms. The van der Waals surface area contributed by atoms with Crippen molar-refractivity contribution < 1.29 is 32.8 Å². The van der Waals surface area contributed by atoms with Gasteiger partial charge in [-0.05, 0) is 38.5 Å². The third-order valence-electron chi connectivity index (χ3n) is 9.43. The molecule has 0 amide bonds. The summed E-state index contributed by atoms with van der Waals surface area (Å²) in [6.07, 6.45) is 42.4. The topological polar surface area (TPSA) is 117 Å². The van der Waals surface area contributed by atoms with Crippen LogP contribution in [0.1, 0.15) is 213 Å².